The van der Waals surface area contributed by atoms with Gasteiger partial charge in [-0.2, -0.15) is 10.2 Å². The number of hydrogen-bond donors (Lipinski definition) is 0. The lowest BCUT2D eigenvalue weighted by molar-refractivity contribution is -0.0590. The minimum atomic E-state index is -0.460. The summed E-state index contributed by atoms with van der Waals surface area (Å²) in [4.78, 5) is 24.5. The lowest BCUT2D eigenvalue weighted by atomic mass is 9.88. The van der Waals surface area contributed by atoms with Gasteiger partial charge in [0, 0.05) is 36.7 Å². The molecule has 2 aromatic carbocycles. The highest BCUT2D eigenvalue weighted by Crippen LogP contribution is 2.42. The Balaban J connectivity index is 1.06. The first-order valence-electron chi connectivity index (χ1n) is 15.2. The van der Waals surface area contributed by atoms with E-state index in [4.69, 9.17) is 29.4 Å². The largest absolute Gasteiger partial charge is 0.473 e. The Hall–Kier alpha value is -4.49. The Bertz CT molecular complexity index is 1730. The molecule has 0 radical (unpaired) electrons. The highest BCUT2D eigenvalue weighted by Gasteiger charge is 2.42. The van der Waals surface area contributed by atoms with E-state index < -0.39 is 5.82 Å². The molecular formula is C34H34FN5O4. The van der Waals surface area contributed by atoms with Gasteiger partial charge in [-0.15, -0.1) is 0 Å². The second kappa shape index (κ2) is 11.9. The van der Waals surface area contributed by atoms with Crippen LogP contribution >= 0.6 is 0 Å². The summed E-state index contributed by atoms with van der Waals surface area (Å²) in [6.07, 6.45) is 6.35. The average Bonchev–Trinajstić information content (AvgIpc) is 3.50. The van der Waals surface area contributed by atoms with Gasteiger partial charge in [0.05, 0.1) is 48.0 Å². The summed E-state index contributed by atoms with van der Waals surface area (Å²) in [5.41, 5.74) is 3.01. The molecule has 4 aromatic rings. The number of aromatic nitrogens is 3. The molecule has 0 N–H and O–H groups in total. The summed E-state index contributed by atoms with van der Waals surface area (Å²) in [6, 6.07) is 18.4. The Labute approximate surface area is 255 Å². The molecule has 0 aliphatic carbocycles. The van der Waals surface area contributed by atoms with E-state index in [0.29, 0.717) is 35.0 Å². The van der Waals surface area contributed by atoms with Crippen molar-refractivity contribution in [2.75, 3.05) is 18.6 Å². The zero-order valence-electron chi connectivity index (χ0n) is 24.6. The van der Waals surface area contributed by atoms with Gasteiger partial charge < -0.3 is 23.7 Å². The van der Waals surface area contributed by atoms with Crippen LogP contribution in [0.25, 0.3) is 11.0 Å². The number of ether oxygens (including phenoxy) is 3. The molecule has 2 unspecified atom stereocenters. The summed E-state index contributed by atoms with van der Waals surface area (Å²) in [5, 5.41) is 8.99. The fraction of sp³-hybridized carbons (Fsp3) is 0.412. The molecule has 3 fully saturated rings. The number of imidazole rings is 1. The number of carbonyl (C=O) groups is 1. The van der Waals surface area contributed by atoms with Crippen LogP contribution in [0.5, 0.6) is 5.88 Å². The zero-order chi connectivity index (χ0) is 30.2. The molecule has 44 heavy (non-hydrogen) atoms. The highest BCUT2D eigenvalue weighted by atomic mass is 19.1. The van der Waals surface area contributed by atoms with Crippen LogP contribution < -0.4 is 9.64 Å². The predicted molar refractivity (Wildman–Crippen MR) is 161 cm³/mol. The van der Waals surface area contributed by atoms with E-state index >= 15 is 0 Å². The van der Waals surface area contributed by atoms with Crippen LogP contribution in [0.2, 0.25) is 0 Å². The van der Waals surface area contributed by atoms with Crippen molar-refractivity contribution in [3.8, 4) is 11.9 Å². The quantitative estimate of drug-likeness (QED) is 0.231. The van der Waals surface area contributed by atoms with Crippen molar-refractivity contribution in [1.82, 2.24) is 14.5 Å². The predicted octanol–water partition coefficient (Wildman–Crippen LogP) is 5.59. The van der Waals surface area contributed by atoms with Crippen molar-refractivity contribution >= 4 is 22.8 Å². The molecule has 5 heterocycles. The van der Waals surface area contributed by atoms with Crippen molar-refractivity contribution in [3.05, 3.63) is 82.9 Å². The first-order valence-corrected chi connectivity index (χ1v) is 15.2. The third kappa shape index (κ3) is 5.48. The molecule has 2 bridgehead atoms. The topological polar surface area (TPSA) is 102 Å². The van der Waals surface area contributed by atoms with Crippen molar-refractivity contribution in [1.29, 1.82) is 5.26 Å². The van der Waals surface area contributed by atoms with Crippen LogP contribution in [-0.2, 0) is 29.0 Å². The molecular weight excluding hydrogens is 561 g/mol. The maximum Gasteiger partial charge on any atom is 0.337 e. The summed E-state index contributed by atoms with van der Waals surface area (Å²) in [5.74, 6) is 2.04. The molecule has 3 aliphatic rings. The summed E-state index contributed by atoms with van der Waals surface area (Å²) < 4.78 is 33.2. The number of esters is 1. The number of anilines is 1. The molecule has 3 atom stereocenters. The number of nitriles is 1. The third-order valence-electron chi connectivity index (χ3n) is 9.26. The van der Waals surface area contributed by atoms with Crippen LogP contribution in [-0.4, -0.2) is 52.4 Å². The number of benzene rings is 2. The van der Waals surface area contributed by atoms with Gasteiger partial charge in [-0.05, 0) is 74.4 Å². The van der Waals surface area contributed by atoms with Gasteiger partial charge in [-0.1, -0.05) is 12.1 Å². The summed E-state index contributed by atoms with van der Waals surface area (Å²) >= 11 is 0. The van der Waals surface area contributed by atoms with Gasteiger partial charge in [0.1, 0.15) is 24.1 Å². The lowest BCUT2D eigenvalue weighted by Crippen LogP contribution is -2.44. The first-order chi connectivity index (χ1) is 21.5. The molecule has 10 heteroatoms. The number of carbonyl (C=O) groups excluding carboxylic acids is 1. The fourth-order valence-electron chi connectivity index (χ4n) is 7.01. The summed E-state index contributed by atoms with van der Waals surface area (Å²) in [6.45, 7) is 1.55. The maximum atomic E-state index is 14.4. The van der Waals surface area contributed by atoms with Crippen LogP contribution in [0.4, 0.5) is 10.2 Å². The van der Waals surface area contributed by atoms with Crippen molar-refractivity contribution in [2.45, 2.75) is 69.9 Å². The van der Waals surface area contributed by atoms with Gasteiger partial charge in [0.25, 0.3) is 0 Å². The van der Waals surface area contributed by atoms with Crippen LogP contribution in [0.3, 0.4) is 0 Å². The summed E-state index contributed by atoms with van der Waals surface area (Å²) in [7, 11) is 1.40. The van der Waals surface area contributed by atoms with Crippen LogP contribution in [0.15, 0.2) is 54.6 Å². The molecule has 3 aliphatic heterocycles. The van der Waals surface area contributed by atoms with Crippen LogP contribution in [0.1, 0.15) is 59.4 Å². The third-order valence-corrected chi connectivity index (χ3v) is 9.26. The standard InChI is InChI=1S/C34H34FN5O4/c1-42-34(41)23-7-10-29-30(17-23)39(19-27-11-12-43-27)32(37-29)16-22-13-25-8-9-26(14-22)40(25)31-3-2-4-33(38-31)44-20-24-6-5-21(18-36)15-28(24)35/h2-7,10,15,17,22,25-27H,8-9,11-14,16,19-20H2,1H3/t22?,25?,26?,27-/m0/s1. The Morgan fingerprint density at radius 2 is 1.91 bits per heavy atom. The van der Waals surface area contributed by atoms with E-state index in [2.05, 4.69) is 9.47 Å². The number of fused-ring (bicyclic) bond motifs is 3. The average molecular weight is 596 g/mol. The van der Waals surface area contributed by atoms with Gasteiger partial charge in [-0.3, -0.25) is 0 Å². The number of hydrogen-bond acceptors (Lipinski definition) is 8. The zero-order valence-corrected chi connectivity index (χ0v) is 24.6. The Morgan fingerprint density at radius 3 is 2.61 bits per heavy atom. The van der Waals surface area contributed by atoms with Gasteiger partial charge in [0.2, 0.25) is 5.88 Å². The highest BCUT2D eigenvalue weighted by molar-refractivity contribution is 5.93. The van der Waals surface area contributed by atoms with Crippen molar-refractivity contribution < 1.29 is 23.4 Å². The second-order valence-electron chi connectivity index (χ2n) is 12.0. The van der Waals surface area contributed by atoms with Crippen LogP contribution in [0, 0.1) is 23.1 Å². The Kier molecular flexibility index (Phi) is 7.64. The molecule has 0 saturated carbocycles. The van der Waals surface area contributed by atoms with E-state index in [9.17, 15) is 9.18 Å². The lowest BCUT2D eigenvalue weighted by Gasteiger charge is -2.40. The number of methoxy groups -OCH3 is 1. The normalized spacial score (nSPS) is 22.4. The monoisotopic (exact) mass is 595 g/mol. The molecule has 9 nitrogen and oxygen atoms in total. The molecule has 0 spiro atoms. The van der Waals surface area contributed by atoms with Gasteiger partial charge in [0.15, 0.2) is 0 Å². The number of pyridine rings is 1. The number of rotatable bonds is 9. The minimum absolute atomic E-state index is 0.0386. The van der Waals surface area contributed by atoms with Gasteiger partial charge in [-0.25, -0.2) is 14.2 Å². The second-order valence-corrected chi connectivity index (χ2v) is 12.0. The molecule has 0 amide bonds. The van der Waals surface area contributed by atoms with E-state index in [1.54, 1.807) is 24.3 Å². The molecule has 7 rings (SSSR count). The van der Waals surface area contributed by atoms with E-state index in [1.807, 2.05) is 30.3 Å². The van der Waals surface area contributed by atoms with Crippen molar-refractivity contribution in [2.24, 2.45) is 5.92 Å². The first kappa shape index (κ1) is 28.3. The van der Waals surface area contributed by atoms with Gasteiger partial charge >= 0.3 is 5.97 Å². The molecule has 2 aromatic heterocycles. The van der Waals surface area contributed by atoms with Crippen molar-refractivity contribution in [3.63, 3.8) is 0 Å². The fourth-order valence-corrected chi connectivity index (χ4v) is 7.01. The number of nitrogens with zero attached hydrogens (tertiary/aromatic N) is 5. The number of halogens is 1. The van der Waals surface area contributed by atoms with E-state index in [0.717, 1.165) is 74.4 Å². The van der Waals surface area contributed by atoms with E-state index in [-0.39, 0.29) is 24.2 Å². The smallest absolute Gasteiger partial charge is 0.337 e. The molecule has 226 valence electrons. The molecule has 3 saturated heterocycles. The van der Waals surface area contributed by atoms with E-state index in [1.165, 1.54) is 13.2 Å². The minimum Gasteiger partial charge on any atom is -0.473 e. The number of piperidine rings is 1. The SMILES string of the molecule is COC(=O)c1ccc2nc(CC3CC4CCC(C3)N4c3cccc(OCc4ccc(C#N)cc4F)n3)n(C[C@@H]3CCO3)c2c1. The Morgan fingerprint density at radius 1 is 1.09 bits per heavy atom. The maximum absolute atomic E-state index is 14.4.